The van der Waals surface area contributed by atoms with E-state index in [0.29, 0.717) is 18.7 Å². The number of methoxy groups -OCH3 is 1. The third kappa shape index (κ3) is 4.16. The Morgan fingerprint density at radius 1 is 1.71 bits per heavy atom. The molecule has 1 rings (SSSR count). The van der Waals surface area contributed by atoms with Crippen molar-refractivity contribution >= 4 is 5.91 Å². The minimum absolute atomic E-state index is 0.181. The zero-order valence-corrected chi connectivity index (χ0v) is 10.4. The van der Waals surface area contributed by atoms with Crippen LogP contribution in [0.5, 0.6) is 0 Å². The standard InChI is InChI=1S/C11H19N3O3/c1-11(16,4-5-17-3)7-13-10(15)9-6-12-8-14(9)2/h6,8,16H,4-5,7H2,1-3H3,(H,13,15). The Kier molecular flexibility index (Phi) is 4.65. The monoisotopic (exact) mass is 241 g/mol. The van der Waals surface area contributed by atoms with E-state index in [1.807, 2.05) is 0 Å². The summed E-state index contributed by atoms with van der Waals surface area (Å²) in [7, 11) is 3.31. The number of carbonyl (C=O) groups is 1. The van der Waals surface area contributed by atoms with Crippen LogP contribution >= 0.6 is 0 Å². The van der Waals surface area contributed by atoms with Gasteiger partial charge in [0, 0.05) is 33.7 Å². The largest absolute Gasteiger partial charge is 0.388 e. The van der Waals surface area contributed by atoms with Crippen molar-refractivity contribution in [3.63, 3.8) is 0 Å². The van der Waals surface area contributed by atoms with E-state index in [0.717, 1.165) is 0 Å². The van der Waals surface area contributed by atoms with Crippen LogP contribution in [0.4, 0.5) is 0 Å². The van der Waals surface area contributed by atoms with E-state index in [9.17, 15) is 9.90 Å². The smallest absolute Gasteiger partial charge is 0.269 e. The van der Waals surface area contributed by atoms with Gasteiger partial charge in [-0.25, -0.2) is 4.98 Å². The average molecular weight is 241 g/mol. The van der Waals surface area contributed by atoms with Crippen molar-refractivity contribution in [2.24, 2.45) is 7.05 Å². The van der Waals surface area contributed by atoms with Crippen LogP contribution in [0.3, 0.4) is 0 Å². The fourth-order valence-electron chi connectivity index (χ4n) is 1.35. The molecule has 0 aromatic carbocycles. The maximum absolute atomic E-state index is 11.7. The fourth-order valence-corrected chi connectivity index (χ4v) is 1.35. The fraction of sp³-hybridized carbons (Fsp3) is 0.636. The van der Waals surface area contributed by atoms with Crippen molar-refractivity contribution in [1.82, 2.24) is 14.9 Å². The molecule has 0 fully saturated rings. The van der Waals surface area contributed by atoms with E-state index >= 15 is 0 Å². The SMILES string of the molecule is COCCC(C)(O)CNC(=O)c1cncn1C. The van der Waals surface area contributed by atoms with Gasteiger partial charge in [-0.05, 0) is 6.92 Å². The molecule has 1 aromatic heterocycles. The number of hydrogen-bond donors (Lipinski definition) is 2. The van der Waals surface area contributed by atoms with E-state index in [2.05, 4.69) is 10.3 Å². The molecule has 0 saturated carbocycles. The molecule has 96 valence electrons. The normalized spacial score (nSPS) is 14.4. The van der Waals surface area contributed by atoms with Crippen molar-refractivity contribution in [2.45, 2.75) is 18.9 Å². The summed E-state index contributed by atoms with van der Waals surface area (Å²) in [5, 5.41) is 12.6. The Labute approximate surface area is 101 Å². The molecule has 0 bridgehead atoms. The van der Waals surface area contributed by atoms with Gasteiger partial charge >= 0.3 is 0 Å². The molecule has 0 saturated heterocycles. The lowest BCUT2D eigenvalue weighted by atomic mass is 10.0. The van der Waals surface area contributed by atoms with Crippen molar-refractivity contribution in [3.05, 3.63) is 18.2 Å². The molecule has 1 amide bonds. The van der Waals surface area contributed by atoms with Crippen molar-refractivity contribution in [2.75, 3.05) is 20.3 Å². The summed E-state index contributed by atoms with van der Waals surface area (Å²) in [6, 6.07) is 0. The van der Waals surface area contributed by atoms with E-state index in [-0.39, 0.29) is 12.5 Å². The average Bonchev–Trinajstić information content (AvgIpc) is 2.70. The lowest BCUT2D eigenvalue weighted by Gasteiger charge is -2.23. The van der Waals surface area contributed by atoms with Gasteiger partial charge in [0.15, 0.2) is 0 Å². The van der Waals surface area contributed by atoms with Gasteiger partial charge in [0.05, 0.1) is 18.1 Å². The Morgan fingerprint density at radius 2 is 2.41 bits per heavy atom. The van der Waals surface area contributed by atoms with Crippen LogP contribution in [0, 0.1) is 0 Å². The van der Waals surface area contributed by atoms with Crippen LogP contribution in [0.2, 0.25) is 0 Å². The third-order valence-corrected chi connectivity index (χ3v) is 2.52. The molecule has 6 nitrogen and oxygen atoms in total. The van der Waals surface area contributed by atoms with Crippen molar-refractivity contribution < 1.29 is 14.6 Å². The second-order valence-corrected chi connectivity index (χ2v) is 4.31. The first kappa shape index (κ1) is 13.7. The number of aliphatic hydroxyl groups is 1. The third-order valence-electron chi connectivity index (χ3n) is 2.52. The molecule has 0 aliphatic heterocycles. The van der Waals surface area contributed by atoms with Crippen LogP contribution in [0.15, 0.2) is 12.5 Å². The predicted octanol–water partition coefficient (Wildman–Crippen LogP) is -0.0626. The molecule has 1 aromatic rings. The Balaban J connectivity index is 2.45. The highest BCUT2D eigenvalue weighted by atomic mass is 16.5. The maximum atomic E-state index is 11.7. The van der Waals surface area contributed by atoms with Gasteiger partial charge < -0.3 is 19.7 Å². The summed E-state index contributed by atoms with van der Waals surface area (Å²) in [4.78, 5) is 15.6. The summed E-state index contributed by atoms with van der Waals surface area (Å²) < 4.78 is 6.51. The number of imidazole rings is 1. The molecule has 1 atom stereocenters. The first-order valence-corrected chi connectivity index (χ1v) is 5.42. The van der Waals surface area contributed by atoms with Gasteiger partial charge in [-0.1, -0.05) is 0 Å². The zero-order valence-electron chi connectivity index (χ0n) is 10.4. The quantitative estimate of drug-likeness (QED) is 0.731. The number of carbonyl (C=O) groups excluding carboxylic acids is 1. The maximum Gasteiger partial charge on any atom is 0.269 e. The Hall–Kier alpha value is -1.40. The molecule has 0 aliphatic carbocycles. The first-order valence-electron chi connectivity index (χ1n) is 5.42. The second kappa shape index (κ2) is 5.79. The number of nitrogens with zero attached hydrogens (tertiary/aromatic N) is 2. The van der Waals surface area contributed by atoms with Crippen LogP contribution in [-0.4, -0.2) is 46.4 Å². The summed E-state index contributed by atoms with van der Waals surface area (Å²) in [5.74, 6) is -0.248. The minimum Gasteiger partial charge on any atom is -0.388 e. The molecule has 6 heteroatoms. The summed E-state index contributed by atoms with van der Waals surface area (Å²) in [6.07, 6.45) is 3.51. The highest BCUT2D eigenvalue weighted by Crippen LogP contribution is 2.08. The molecule has 17 heavy (non-hydrogen) atoms. The lowest BCUT2D eigenvalue weighted by Crippen LogP contribution is -2.41. The van der Waals surface area contributed by atoms with Gasteiger partial charge in [-0.15, -0.1) is 0 Å². The zero-order chi connectivity index (χ0) is 12.9. The Bertz CT molecular complexity index is 374. The van der Waals surface area contributed by atoms with E-state index in [1.165, 1.54) is 6.20 Å². The number of nitrogens with one attached hydrogen (secondary N) is 1. The van der Waals surface area contributed by atoms with E-state index in [1.54, 1.807) is 32.0 Å². The van der Waals surface area contributed by atoms with Gasteiger partial charge in [0.25, 0.3) is 5.91 Å². The number of ether oxygens (including phenoxy) is 1. The van der Waals surface area contributed by atoms with Crippen LogP contribution in [-0.2, 0) is 11.8 Å². The summed E-state index contributed by atoms with van der Waals surface area (Å²) in [5.41, 5.74) is -0.503. The molecular weight excluding hydrogens is 222 g/mol. The molecule has 0 aliphatic rings. The van der Waals surface area contributed by atoms with E-state index < -0.39 is 5.60 Å². The van der Waals surface area contributed by atoms with Gasteiger partial charge in [-0.3, -0.25) is 4.79 Å². The molecular formula is C11H19N3O3. The van der Waals surface area contributed by atoms with Crippen molar-refractivity contribution in [1.29, 1.82) is 0 Å². The van der Waals surface area contributed by atoms with Crippen LogP contribution in [0.1, 0.15) is 23.8 Å². The molecule has 0 radical (unpaired) electrons. The van der Waals surface area contributed by atoms with Crippen LogP contribution < -0.4 is 5.32 Å². The number of rotatable bonds is 6. The van der Waals surface area contributed by atoms with Gasteiger partial charge in [0.2, 0.25) is 0 Å². The number of hydrogen-bond acceptors (Lipinski definition) is 4. The number of aryl methyl sites for hydroxylation is 1. The molecule has 0 spiro atoms. The number of amides is 1. The highest BCUT2D eigenvalue weighted by molar-refractivity contribution is 5.92. The Morgan fingerprint density at radius 3 is 2.94 bits per heavy atom. The first-order chi connectivity index (χ1) is 7.96. The van der Waals surface area contributed by atoms with Crippen LogP contribution in [0.25, 0.3) is 0 Å². The van der Waals surface area contributed by atoms with Gasteiger partial charge in [-0.2, -0.15) is 0 Å². The summed E-state index contributed by atoms with van der Waals surface area (Å²) in [6.45, 7) is 2.30. The molecule has 1 unspecified atom stereocenters. The topological polar surface area (TPSA) is 76.4 Å². The van der Waals surface area contributed by atoms with E-state index in [4.69, 9.17) is 4.74 Å². The molecule has 2 N–H and O–H groups in total. The van der Waals surface area contributed by atoms with Gasteiger partial charge in [0.1, 0.15) is 5.69 Å². The van der Waals surface area contributed by atoms with Crippen molar-refractivity contribution in [3.8, 4) is 0 Å². The lowest BCUT2D eigenvalue weighted by molar-refractivity contribution is 0.0242. The number of aromatic nitrogens is 2. The highest BCUT2D eigenvalue weighted by Gasteiger charge is 2.21. The predicted molar refractivity (Wildman–Crippen MR) is 62.7 cm³/mol. The minimum atomic E-state index is -0.968. The summed E-state index contributed by atoms with van der Waals surface area (Å²) >= 11 is 0. The molecule has 1 heterocycles. The second-order valence-electron chi connectivity index (χ2n) is 4.31.